The second kappa shape index (κ2) is 8.61. The van der Waals surface area contributed by atoms with E-state index in [4.69, 9.17) is 10.6 Å². The summed E-state index contributed by atoms with van der Waals surface area (Å²) in [5, 5.41) is 3.99. The van der Waals surface area contributed by atoms with Gasteiger partial charge in [0.05, 0.1) is 12.6 Å². The smallest absolute Gasteiger partial charge is 0.206 e. The number of hydrogen-bond donors (Lipinski definition) is 3. The maximum absolute atomic E-state index is 5.50. The molecule has 4 N–H and O–H groups in total. The van der Waals surface area contributed by atoms with Crippen molar-refractivity contribution in [1.82, 2.24) is 10.7 Å². The molecule has 0 aliphatic heterocycles. The Kier molecular flexibility index (Phi) is 7.46. The van der Waals surface area contributed by atoms with Gasteiger partial charge in [0.1, 0.15) is 0 Å². The Morgan fingerprint density at radius 1 is 1.56 bits per heavy atom. The van der Waals surface area contributed by atoms with Crippen molar-refractivity contribution < 1.29 is 4.74 Å². The summed E-state index contributed by atoms with van der Waals surface area (Å²) in [7, 11) is 1.69. The number of guanidine groups is 1. The van der Waals surface area contributed by atoms with Gasteiger partial charge in [0, 0.05) is 18.4 Å². The van der Waals surface area contributed by atoms with Crippen molar-refractivity contribution in [3.05, 3.63) is 0 Å². The molecule has 0 heterocycles. The Morgan fingerprint density at radius 3 is 2.94 bits per heavy atom. The van der Waals surface area contributed by atoms with Crippen LogP contribution in [0.1, 0.15) is 33.1 Å². The van der Waals surface area contributed by atoms with Crippen LogP contribution in [0.15, 0.2) is 4.99 Å². The Morgan fingerprint density at radius 2 is 2.33 bits per heavy atom. The fourth-order valence-corrected chi connectivity index (χ4v) is 3.38. The molecule has 0 aromatic heterocycles. The number of methoxy groups -OCH3 is 1. The number of rotatable bonds is 6. The normalized spacial score (nSPS) is 26.1. The monoisotopic (exact) mass is 274 g/mol. The summed E-state index contributed by atoms with van der Waals surface area (Å²) >= 11 is 2.04. The summed E-state index contributed by atoms with van der Waals surface area (Å²) in [5.74, 6) is 7.36. The first-order valence-electron chi connectivity index (χ1n) is 6.61. The fourth-order valence-electron chi connectivity index (χ4n) is 2.25. The summed E-state index contributed by atoms with van der Waals surface area (Å²) < 4.78 is 5.08. The van der Waals surface area contributed by atoms with Gasteiger partial charge in [-0.1, -0.05) is 6.92 Å². The van der Waals surface area contributed by atoms with Crippen molar-refractivity contribution in [3.63, 3.8) is 0 Å². The molecule has 1 aliphatic carbocycles. The van der Waals surface area contributed by atoms with Gasteiger partial charge >= 0.3 is 0 Å². The first kappa shape index (κ1) is 15.6. The van der Waals surface area contributed by atoms with E-state index in [0.717, 1.165) is 18.1 Å². The van der Waals surface area contributed by atoms with E-state index in [2.05, 4.69) is 22.7 Å². The SMILES string of the molecule is CCSC1CCC(N=C(NN)NC(C)COC)C1. The van der Waals surface area contributed by atoms with Gasteiger partial charge in [-0.05, 0) is 31.9 Å². The molecule has 5 nitrogen and oxygen atoms in total. The molecule has 3 unspecified atom stereocenters. The van der Waals surface area contributed by atoms with E-state index in [9.17, 15) is 0 Å². The molecule has 0 bridgehead atoms. The third kappa shape index (κ3) is 5.46. The van der Waals surface area contributed by atoms with Crippen LogP contribution in [-0.4, -0.2) is 42.8 Å². The van der Waals surface area contributed by atoms with Gasteiger partial charge < -0.3 is 10.1 Å². The second-order valence-electron chi connectivity index (χ2n) is 4.67. The number of nitrogens with one attached hydrogen (secondary N) is 2. The van der Waals surface area contributed by atoms with Crippen LogP contribution in [0, 0.1) is 0 Å². The van der Waals surface area contributed by atoms with Gasteiger partial charge in [0.25, 0.3) is 0 Å². The van der Waals surface area contributed by atoms with Gasteiger partial charge in [0.2, 0.25) is 5.96 Å². The molecule has 1 fully saturated rings. The van der Waals surface area contributed by atoms with Crippen molar-refractivity contribution in [2.75, 3.05) is 19.5 Å². The average Bonchev–Trinajstić information content (AvgIpc) is 2.76. The van der Waals surface area contributed by atoms with Crippen LogP contribution in [0.2, 0.25) is 0 Å². The molecule has 18 heavy (non-hydrogen) atoms. The van der Waals surface area contributed by atoms with Crippen LogP contribution in [0.25, 0.3) is 0 Å². The number of aliphatic imine (C=N–C) groups is 1. The molecule has 0 aromatic carbocycles. The van der Waals surface area contributed by atoms with E-state index in [-0.39, 0.29) is 6.04 Å². The molecular formula is C12H26N4OS. The number of ether oxygens (including phenoxy) is 1. The topological polar surface area (TPSA) is 71.7 Å². The molecule has 0 radical (unpaired) electrons. The minimum absolute atomic E-state index is 0.201. The first-order chi connectivity index (χ1) is 8.69. The first-order valence-corrected chi connectivity index (χ1v) is 7.65. The summed E-state index contributed by atoms with van der Waals surface area (Å²) in [4.78, 5) is 4.65. The van der Waals surface area contributed by atoms with Crippen molar-refractivity contribution in [2.45, 2.75) is 50.4 Å². The summed E-state index contributed by atoms with van der Waals surface area (Å²) in [6, 6.07) is 0.592. The standard InChI is InChI=1S/C12H26N4OS/c1-4-18-11-6-5-10(7-11)15-12(16-13)14-9(2)8-17-3/h9-11H,4-8,13H2,1-3H3,(H2,14,15,16). The number of hydrogen-bond acceptors (Lipinski definition) is 4. The lowest BCUT2D eigenvalue weighted by molar-refractivity contribution is 0.179. The highest BCUT2D eigenvalue weighted by Crippen LogP contribution is 2.31. The van der Waals surface area contributed by atoms with Gasteiger partial charge in [-0.2, -0.15) is 11.8 Å². The zero-order chi connectivity index (χ0) is 13.4. The quantitative estimate of drug-likeness (QED) is 0.293. The predicted molar refractivity (Wildman–Crippen MR) is 78.8 cm³/mol. The molecule has 6 heteroatoms. The van der Waals surface area contributed by atoms with Gasteiger partial charge in [-0.25, -0.2) is 10.8 Å². The summed E-state index contributed by atoms with van der Waals surface area (Å²) in [6.07, 6.45) is 3.57. The molecule has 1 rings (SSSR count). The van der Waals surface area contributed by atoms with E-state index in [1.165, 1.54) is 12.2 Å². The van der Waals surface area contributed by atoms with Crippen LogP contribution in [0.3, 0.4) is 0 Å². The molecule has 106 valence electrons. The highest BCUT2D eigenvalue weighted by molar-refractivity contribution is 7.99. The molecule has 3 atom stereocenters. The largest absolute Gasteiger partial charge is 0.383 e. The van der Waals surface area contributed by atoms with E-state index in [0.29, 0.717) is 18.6 Å². The van der Waals surface area contributed by atoms with Gasteiger partial charge in [-0.15, -0.1) is 0 Å². The Balaban J connectivity index is 2.42. The number of nitrogens with zero attached hydrogens (tertiary/aromatic N) is 1. The molecule has 0 aromatic rings. The Hall–Kier alpha value is -0.460. The summed E-state index contributed by atoms with van der Waals surface area (Å²) in [5.41, 5.74) is 2.64. The minimum atomic E-state index is 0.201. The fraction of sp³-hybridized carbons (Fsp3) is 0.917. The van der Waals surface area contributed by atoms with Crippen LogP contribution < -0.4 is 16.6 Å². The van der Waals surface area contributed by atoms with Crippen molar-refractivity contribution in [1.29, 1.82) is 0 Å². The molecule has 0 spiro atoms. The van der Waals surface area contributed by atoms with Crippen LogP contribution in [0.5, 0.6) is 0 Å². The lowest BCUT2D eigenvalue weighted by Gasteiger charge is -2.17. The zero-order valence-electron chi connectivity index (χ0n) is 11.6. The van der Waals surface area contributed by atoms with E-state index < -0.39 is 0 Å². The maximum atomic E-state index is 5.50. The van der Waals surface area contributed by atoms with Gasteiger partial charge in [0.15, 0.2) is 0 Å². The average molecular weight is 274 g/mol. The van der Waals surface area contributed by atoms with E-state index in [1.54, 1.807) is 7.11 Å². The van der Waals surface area contributed by atoms with Crippen molar-refractivity contribution in [2.24, 2.45) is 10.8 Å². The number of nitrogens with two attached hydrogens (primary N) is 1. The van der Waals surface area contributed by atoms with Gasteiger partial charge in [-0.3, -0.25) is 5.43 Å². The maximum Gasteiger partial charge on any atom is 0.206 e. The van der Waals surface area contributed by atoms with Crippen LogP contribution in [0.4, 0.5) is 0 Å². The number of hydrazine groups is 1. The van der Waals surface area contributed by atoms with Crippen molar-refractivity contribution >= 4 is 17.7 Å². The minimum Gasteiger partial charge on any atom is -0.383 e. The lowest BCUT2D eigenvalue weighted by Crippen LogP contribution is -2.47. The van der Waals surface area contributed by atoms with Crippen LogP contribution >= 0.6 is 11.8 Å². The summed E-state index contributed by atoms with van der Waals surface area (Å²) in [6.45, 7) is 4.89. The Bertz CT molecular complexity index is 262. The third-order valence-electron chi connectivity index (χ3n) is 3.01. The van der Waals surface area contributed by atoms with Crippen LogP contribution in [-0.2, 0) is 4.74 Å². The zero-order valence-corrected chi connectivity index (χ0v) is 12.4. The van der Waals surface area contributed by atoms with E-state index >= 15 is 0 Å². The molecular weight excluding hydrogens is 248 g/mol. The lowest BCUT2D eigenvalue weighted by atomic mass is 10.3. The molecule has 1 aliphatic rings. The second-order valence-corrected chi connectivity index (χ2v) is 6.24. The Labute approximate surface area is 114 Å². The highest BCUT2D eigenvalue weighted by Gasteiger charge is 2.24. The van der Waals surface area contributed by atoms with E-state index in [1.807, 2.05) is 18.7 Å². The number of thioether (sulfide) groups is 1. The highest BCUT2D eigenvalue weighted by atomic mass is 32.2. The molecule has 0 amide bonds. The van der Waals surface area contributed by atoms with Crippen molar-refractivity contribution in [3.8, 4) is 0 Å². The molecule has 1 saturated carbocycles. The predicted octanol–water partition coefficient (Wildman–Crippen LogP) is 1.10. The third-order valence-corrected chi connectivity index (χ3v) is 4.24. The molecule has 0 saturated heterocycles.